The van der Waals surface area contributed by atoms with Gasteiger partial charge in [-0.05, 0) is 142 Å². The number of carbonyl (C=O) groups excluding carboxylic acids is 1. The van der Waals surface area contributed by atoms with Crippen LogP contribution < -0.4 is 0 Å². The Kier molecular flexibility index (Phi) is 9.82. The van der Waals surface area contributed by atoms with Crippen molar-refractivity contribution in [1.82, 2.24) is 0 Å². The number of halogens is 2. The number of rotatable bonds is 4. The summed E-state index contributed by atoms with van der Waals surface area (Å²) in [7, 11) is 0. The zero-order valence-corrected chi connectivity index (χ0v) is 26.6. The average Bonchev–Trinajstić information content (AvgIpc) is 3.31. The second-order valence-electron chi connectivity index (χ2n) is 14.1. The van der Waals surface area contributed by atoms with Gasteiger partial charge in [0.1, 0.15) is 0 Å². The fourth-order valence-corrected chi connectivity index (χ4v) is 10.4. The highest BCUT2D eigenvalue weighted by Crippen LogP contribution is 2.64. The minimum absolute atomic E-state index is 0.0958. The summed E-state index contributed by atoms with van der Waals surface area (Å²) < 4.78 is 21.3. The van der Waals surface area contributed by atoms with Gasteiger partial charge >= 0.3 is 0 Å². The number of ketones is 1. The minimum atomic E-state index is -2.35. The summed E-state index contributed by atoms with van der Waals surface area (Å²) in [6.45, 7) is 11.6. The molecule has 7 aliphatic carbocycles. The van der Waals surface area contributed by atoms with E-state index in [2.05, 4.69) is 26.5 Å². The van der Waals surface area contributed by atoms with Crippen molar-refractivity contribution in [2.45, 2.75) is 130 Å². The van der Waals surface area contributed by atoms with E-state index >= 15 is 0 Å². The van der Waals surface area contributed by atoms with Gasteiger partial charge in [0.2, 0.25) is 0 Å². The predicted octanol–water partition coefficient (Wildman–Crippen LogP) is 10.1. The zero-order chi connectivity index (χ0) is 30.2. The lowest BCUT2D eigenvalue weighted by molar-refractivity contribution is -0.114. The number of hydrogen-bond acceptors (Lipinski definition) is 2. The molecule has 0 aromatic carbocycles. The normalized spacial score (nSPS) is 38.5. The lowest BCUT2D eigenvalue weighted by atomic mass is 9.50. The van der Waals surface area contributed by atoms with Crippen molar-refractivity contribution in [1.29, 1.82) is 0 Å². The Hall–Kier alpha value is -1.81. The molecule has 0 heterocycles. The first-order chi connectivity index (χ1) is 20.2. The van der Waals surface area contributed by atoms with E-state index in [1.807, 2.05) is 25.5 Å². The molecule has 0 aromatic rings. The maximum Gasteiger partial charge on any atom is 0.256 e. The van der Waals surface area contributed by atoms with E-state index in [0.29, 0.717) is 36.0 Å². The number of alkyl halides is 2. The van der Waals surface area contributed by atoms with Crippen molar-refractivity contribution in [3.63, 3.8) is 0 Å². The number of carbonyl (C=O) groups is 1. The lowest BCUT2D eigenvalue weighted by Gasteiger charge is -2.54. The van der Waals surface area contributed by atoms with E-state index < -0.39 is 6.43 Å². The van der Waals surface area contributed by atoms with Crippen molar-refractivity contribution >= 4 is 5.78 Å². The molecule has 7 aliphatic rings. The fourth-order valence-electron chi connectivity index (χ4n) is 10.4. The molecule has 0 radical (unpaired) electrons. The molecule has 7 rings (SSSR count). The molecule has 6 unspecified atom stereocenters. The van der Waals surface area contributed by atoms with Gasteiger partial charge in [0.05, 0.1) is 6.10 Å². The van der Waals surface area contributed by atoms with Gasteiger partial charge in [0.25, 0.3) is 6.43 Å². The summed E-state index contributed by atoms with van der Waals surface area (Å²) in [4.78, 5) is 12.3. The molecule has 4 saturated carbocycles. The minimum Gasteiger partial charge on any atom is -0.393 e. The first-order valence-electron chi connectivity index (χ1n) is 17.2. The van der Waals surface area contributed by atoms with Crippen LogP contribution in [0.1, 0.15) is 118 Å². The van der Waals surface area contributed by atoms with E-state index in [9.17, 15) is 18.7 Å². The van der Waals surface area contributed by atoms with Crippen LogP contribution in [0.25, 0.3) is 0 Å². The second kappa shape index (κ2) is 13.0. The standard InChI is InChI=1S/C33H44O2.C3H4F2.C2H6/c1-3-19-4-9-23-17-27(19)31(23)21-7-5-20(6-8-21)28-18-33(2)29(14-15-30(33)35)26-12-10-22-16-24(34)11-13-25(22)32(26)28;1-2-3(4)5;1-2/h9,16,20-21,26,28-31,35H,3-8,10-15,17-18H2,1-2H3;2-3H,1H2;1-2H3. The summed E-state index contributed by atoms with van der Waals surface area (Å²) in [5.74, 6) is 4.72. The number of allylic oxidation sites excluding steroid dienone is 9. The highest BCUT2D eigenvalue weighted by atomic mass is 19.3. The Morgan fingerprint density at radius 3 is 2.36 bits per heavy atom. The molecule has 42 heavy (non-hydrogen) atoms. The molecule has 0 amide bonds. The van der Waals surface area contributed by atoms with Gasteiger partial charge in [0.15, 0.2) is 5.78 Å². The monoisotopic (exact) mass is 580 g/mol. The van der Waals surface area contributed by atoms with Crippen LogP contribution >= 0.6 is 0 Å². The molecular formula is C38H54F2O2. The Balaban J connectivity index is 0.000000459. The molecule has 232 valence electrons. The molecule has 1 N–H and O–H groups in total. The Bertz CT molecular complexity index is 1160. The topological polar surface area (TPSA) is 37.3 Å². The van der Waals surface area contributed by atoms with E-state index in [4.69, 9.17) is 0 Å². The Morgan fingerprint density at radius 2 is 1.71 bits per heavy atom. The van der Waals surface area contributed by atoms with Gasteiger partial charge < -0.3 is 5.11 Å². The van der Waals surface area contributed by atoms with Gasteiger partial charge in [-0.2, -0.15) is 0 Å². The quantitative estimate of drug-likeness (QED) is 0.336. The number of hydrogen-bond donors (Lipinski definition) is 1. The zero-order valence-electron chi connectivity index (χ0n) is 26.6. The van der Waals surface area contributed by atoms with Crippen molar-refractivity contribution in [2.75, 3.05) is 0 Å². The Labute approximate surface area is 253 Å². The number of aliphatic hydroxyl groups excluding tert-OH is 1. The molecule has 0 aromatic heterocycles. The SMILES string of the molecule is C=CC(F)F.CC.CCC1=C2CC(=CC1)C2C1CCC(C2CC3(C)C(O)CCC3C3CCC4=CC(=O)CCC4=C23)CC1. The summed E-state index contributed by atoms with van der Waals surface area (Å²) in [5.41, 5.74) is 10.2. The Morgan fingerprint density at radius 1 is 1.02 bits per heavy atom. The van der Waals surface area contributed by atoms with E-state index in [1.54, 1.807) is 22.3 Å². The molecule has 0 saturated heterocycles. The molecule has 6 atom stereocenters. The smallest absolute Gasteiger partial charge is 0.256 e. The summed E-state index contributed by atoms with van der Waals surface area (Å²) in [6.07, 6.45) is 19.3. The first kappa shape index (κ1) is 31.6. The van der Waals surface area contributed by atoms with Gasteiger partial charge in [0, 0.05) is 12.3 Å². The first-order valence-corrected chi connectivity index (χ1v) is 17.2. The highest BCUT2D eigenvalue weighted by molar-refractivity contribution is 5.93. The van der Waals surface area contributed by atoms with Crippen LogP contribution in [0, 0.1) is 40.9 Å². The predicted molar refractivity (Wildman–Crippen MR) is 168 cm³/mol. The lowest BCUT2D eigenvalue weighted by Crippen LogP contribution is -2.48. The summed E-state index contributed by atoms with van der Waals surface area (Å²) >= 11 is 0. The van der Waals surface area contributed by atoms with Crippen molar-refractivity contribution in [3.8, 4) is 0 Å². The van der Waals surface area contributed by atoms with E-state index in [1.165, 1.54) is 69.8 Å². The van der Waals surface area contributed by atoms with Crippen LogP contribution in [0.2, 0.25) is 0 Å². The summed E-state index contributed by atoms with van der Waals surface area (Å²) in [5, 5.41) is 11.2. The fraction of sp³-hybridized carbons (Fsp3) is 0.711. The molecule has 2 bridgehead atoms. The third-order valence-electron chi connectivity index (χ3n) is 12.4. The molecule has 0 spiro atoms. The average molecular weight is 581 g/mol. The maximum absolute atomic E-state index is 12.3. The van der Waals surface area contributed by atoms with Gasteiger partial charge in [-0.25, -0.2) is 8.78 Å². The van der Waals surface area contributed by atoms with E-state index in [-0.39, 0.29) is 11.5 Å². The third-order valence-corrected chi connectivity index (χ3v) is 12.4. The van der Waals surface area contributed by atoms with Crippen molar-refractivity contribution in [2.24, 2.45) is 40.9 Å². The van der Waals surface area contributed by atoms with E-state index in [0.717, 1.165) is 37.0 Å². The molecule has 4 heteroatoms. The van der Waals surface area contributed by atoms with Crippen molar-refractivity contribution < 1.29 is 18.7 Å². The summed E-state index contributed by atoms with van der Waals surface area (Å²) in [6, 6.07) is 0. The van der Waals surface area contributed by atoms with Crippen LogP contribution in [0.3, 0.4) is 0 Å². The largest absolute Gasteiger partial charge is 0.393 e. The second-order valence-corrected chi connectivity index (χ2v) is 14.1. The van der Waals surface area contributed by atoms with Crippen molar-refractivity contribution in [3.05, 3.63) is 58.2 Å². The highest BCUT2D eigenvalue weighted by Gasteiger charge is 2.57. The maximum atomic E-state index is 12.3. The van der Waals surface area contributed by atoms with Gasteiger partial charge in [-0.1, -0.05) is 62.6 Å². The van der Waals surface area contributed by atoms with Crippen LogP contribution in [0.4, 0.5) is 8.78 Å². The van der Waals surface area contributed by atoms with Gasteiger partial charge in [-0.15, -0.1) is 0 Å². The van der Waals surface area contributed by atoms with Crippen LogP contribution in [0.5, 0.6) is 0 Å². The molecule has 0 aliphatic heterocycles. The van der Waals surface area contributed by atoms with Crippen LogP contribution in [-0.2, 0) is 4.79 Å². The van der Waals surface area contributed by atoms with Gasteiger partial charge in [-0.3, -0.25) is 4.79 Å². The third kappa shape index (κ3) is 5.59. The number of aliphatic hydroxyl groups is 1. The van der Waals surface area contributed by atoms with Crippen LogP contribution in [-0.4, -0.2) is 23.4 Å². The number of fused-ring (bicyclic) bond motifs is 6. The van der Waals surface area contributed by atoms with Crippen LogP contribution in [0.15, 0.2) is 58.2 Å². The molecule has 2 nitrogen and oxygen atoms in total. The molecule has 4 fully saturated rings. The molecular weight excluding hydrogens is 526 g/mol.